The van der Waals surface area contributed by atoms with E-state index in [9.17, 15) is 15.0 Å². The van der Waals surface area contributed by atoms with Crippen molar-refractivity contribution in [3.63, 3.8) is 0 Å². The largest absolute Gasteiger partial charge is 0.508 e. The molecule has 0 unspecified atom stereocenters. The first kappa shape index (κ1) is 13.5. The number of hydrogen-bond acceptors (Lipinski definition) is 3. The van der Waals surface area contributed by atoms with Gasteiger partial charge in [-0.2, -0.15) is 0 Å². The number of fused-ring (bicyclic) bond motifs is 1. The number of phenolic OH excluding ortho intramolecular Hbond substituents is 2. The molecule has 4 heteroatoms. The zero-order valence-corrected chi connectivity index (χ0v) is 11.8. The molecule has 2 N–H and O–H groups in total. The Hall–Kier alpha value is -2.49. The molecule has 2 aromatic rings. The Balaban J connectivity index is 2.04. The van der Waals surface area contributed by atoms with Crippen molar-refractivity contribution in [2.24, 2.45) is 0 Å². The first-order valence-corrected chi connectivity index (χ1v) is 7.00. The Kier molecular flexibility index (Phi) is 3.29. The smallest absolute Gasteiger partial charge is 0.258 e. The predicted molar refractivity (Wildman–Crippen MR) is 80.9 cm³/mol. The predicted octanol–water partition coefficient (Wildman–Crippen LogP) is 3.00. The molecule has 0 radical (unpaired) electrons. The molecule has 2 aromatic carbocycles. The third kappa shape index (κ3) is 2.33. The Bertz CT molecular complexity index is 709. The van der Waals surface area contributed by atoms with Crippen LogP contribution in [0.15, 0.2) is 36.4 Å². The molecular formula is C17H17NO3. The van der Waals surface area contributed by atoms with Gasteiger partial charge in [-0.1, -0.05) is 12.1 Å². The quantitative estimate of drug-likeness (QED) is 0.845. The molecule has 1 aliphatic rings. The van der Waals surface area contributed by atoms with E-state index in [1.807, 2.05) is 6.07 Å². The molecule has 0 aliphatic carbocycles. The summed E-state index contributed by atoms with van der Waals surface area (Å²) in [5.41, 5.74) is 2.87. The van der Waals surface area contributed by atoms with Gasteiger partial charge in [0, 0.05) is 12.1 Å². The zero-order valence-electron chi connectivity index (χ0n) is 11.8. The summed E-state index contributed by atoms with van der Waals surface area (Å²) in [4.78, 5) is 14.4. The van der Waals surface area contributed by atoms with Gasteiger partial charge < -0.3 is 15.1 Å². The van der Waals surface area contributed by atoms with Crippen LogP contribution in [0.25, 0.3) is 0 Å². The van der Waals surface area contributed by atoms with E-state index in [0.717, 1.165) is 24.0 Å². The van der Waals surface area contributed by atoms with E-state index in [0.29, 0.717) is 17.8 Å². The van der Waals surface area contributed by atoms with Crippen molar-refractivity contribution in [1.29, 1.82) is 0 Å². The van der Waals surface area contributed by atoms with E-state index in [1.54, 1.807) is 36.1 Å². The minimum atomic E-state index is -0.144. The molecule has 0 aromatic heterocycles. The van der Waals surface area contributed by atoms with Crippen molar-refractivity contribution >= 4 is 11.6 Å². The van der Waals surface area contributed by atoms with Gasteiger partial charge in [0.15, 0.2) is 0 Å². The van der Waals surface area contributed by atoms with E-state index in [1.165, 1.54) is 6.07 Å². The van der Waals surface area contributed by atoms with Gasteiger partial charge in [-0.3, -0.25) is 4.79 Å². The number of anilines is 1. The second-order valence-corrected chi connectivity index (χ2v) is 5.34. The first-order valence-electron chi connectivity index (χ1n) is 7.00. The summed E-state index contributed by atoms with van der Waals surface area (Å²) in [6, 6.07) is 10.1. The fourth-order valence-electron chi connectivity index (χ4n) is 2.87. The van der Waals surface area contributed by atoms with Crippen molar-refractivity contribution < 1.29 is 15.0 Å². The van der Waals surface area contributed by atoms with Crippen LogP contribution in [0, 0.1) is 6.92 Å². The van der Waals surface area contributed by atoms with Gasteiger partial charge in [-0.25, -0.2) is 0 Å². The fourth-order valence-corrected chi connectivity index (χ4v) is 2.87. The third-order valence-electron chi connectivity index (χ3n) is 3.88. The number of amides is 1. The van der Waals surface area contributed by atoms with E-state index in [2.05, 4.69) is 0 Å². The molecule has 108 valence electrons. The molecule has 0 spiro atoms. The standard InChI is InChI=1S/C17H17NO3/c1-11-10-13(19)7-8-14(11)17(21)18-9-3-5-12-4-2-6-15(20)16(12)18/h2,4,6-8,10,19-20H,3,5,9H2,1H3. The van der Waals surface area contributed by atoms with Crippen molar-refractivity contribution in [3.05, 3.63) is 53.1 Å². The molecule has 0 saturated carbocycles. The Labute approximate surface area is 123 Å². The van der Waals surface area contributed by atoms with Gasteiger partial charge in [0.05, 0.1) is 5.69 Å². The number of rotatable bonds is 1. The lowest BCUT2D eigenvalue weighted by Gasteiger charge is -2.30. The Morgan fingerprint density at radius 2 is 2.00 bits per heavy atom. The summed E-state index contributed by atoms with van der Waals surface area (Å²) in [6.07, 6.45) is 1.74. The van der Waals surface area contributed by atoms with Gasteiger partial charge in [-0.05, 0) is 55.2 Å². The van der Waals surface area contributed by atoms with Crippen LogP contribution in [0.3, 0.4) is 0 Å². The zero-order chi connectivity index (χ0) is 15.0. The molecule has 3 rings (SSSR count). The fraction of sp³-hybridized carbons (Fsp3) is 0.235. The van der Waals surface area contributed by atoms with Crippen LogP contribution >= 0.6 is 0 Å². The number of para-hydroxylation sites is 1. The maximum atomic E-state index is 12.8. The van der Waals surface area contributed by atoms with Gasteiger partial charge in [-0.15, -0.1) is 0 Å². The topological polar surface area (TPSA) is 60.8 Å². The number of aryl methyl sites for hydroxylation is 2. The van der Waals surface area contributed by atoms with E-state index < -0.39 is 0 Å². The first-order chi connectivity index (χ1) is 10.1. The molecule has 0 fully saturated rings. The second kappa shape index (κ2) is 5.13. The molecular weight excluding hydrogens is 266 g/mol. The van der Waals surface area contributed by atoms with Crippen LogP contribution in [-0.4, -0.2) is 22.7 Å². The lowest BCUT2D eigenvalue weighted by molar-refractivity contribution is 0.0983. The molecule has 1 heterocycles. The molecule has 0 saturated heterocycles. The van der Waals surface area contributed by atoms with Crippen molar-refractivity contribution in [2.45, 2.75) is 19.8 Å². The summed E-state index contributed by atoms with van der Waals surface area (Å²) in [6.45, 7) is 2.38. The summed E-state index contributed by atoms with van der Waals surface area (Å²) in [5, 5.41) is 19.6. The minimum absolute atomic E-state index is 0.136. The van der Waals surface area contributed by atoms with Crippen molar-refractivity contribution in [1.82, 2.24) is 0 Å². The molecule has 0 atom stereocenters. The van der Waals surface area contributed by atoms with E-state index in [-0.39, 0.29) is 17.4 Å². The highest BCUT2D eigenvalue weighted by atomic mass is 16.3. The normalized spacial score (nSPS) is 13.9. The number of carbonyl (C=O) groups is 1. The number of hydrogen-bond donors (Lipinski definition) is 2. The Morgan fingerprint density at radius 3 is 2.76 bits per heavy atom. The lowest BCUT2D eigenvalue weighted by Crippen LogP contribution is -2.35. The number of phenols is 2. The average molecular weight is 283 g/mol. The van der Waals surface area contributed by atoms with Crippen molar-refractivity contribution in [3.8, 4) is 11.5 Å². The maximum absolute atomic E-state index is 12.8. The second-order valence-electron chi connectivity index (χ2n) is 5.34. The average Bonchev–Trinajstić information content (AvgIpc) is 2.46. The molecule has 4 nitrogen and oxygen atoms in total. The molecule has 1 aliphatic heterocycles. The number of aromatic hydroxyl groups is 2. The minimum Gasteiger partial charge on any atom is -0.508 e. The van der Waals surface area contributed by atoms with Crippen molar-refractivity contribution in [2.75, 3.05) is 11.4 Å². The Morgan fingerprint density at radius 1 is 1.19 bits per heavy atom. The third-order valence-corrected chi connectivity index (χ3v) is 3.88. The van der Waals surface area contributed by atoms with Gasteiger partial charge in [0.1, 0.15) is 11.5 Å². The number of benzene rings is 2. The number of carbonyl (C=O) groups excluding carboxylic acids is 1. The lowest BCUT2D eigenvalue weighted by atomic mass is 9.99. The summed E-state index contributed by atoms with van der Waals surface area (Å²) in [7, 11) is 0. The van der Waals surface area contributed by atoms with Crippen LogP contribution < -0.4 is 4.90 Å². The van der Waals surface area contributed by atoms with Gasteiger partial charge in [0.25, 0.3) is 5.91 Å². The molecule has 21 heavy (non-hydrogen) atoms. The van der Waals surface area contributed by atoms with E-state index in [4.69, 9.17) is 0 Å². The molecule has 0 bridgehead atoms. The van der Waals surface area contributed by atoms with Gasteiger partial charge >= 0.3 is 0 Å². The van der Waals surface area contributed by atoms with Crippen LogP contribution in [-0.2, 0) is 6.42 Å². The summed E-state index contributed by atoms with van der Waals surface area (Å²) in [5.74, 6) is 0.137. The monoisotopic (exact) mass is 283 g/mol. The summed E-state index contributed by atoms with van der Waals surface area (Å²) < 4.78 is 0. The van der Waals surface area contributed by atoms with Crippen LogP contribution in [0.5, 0.6) is 11.5 Å². The highest BCUT2D eigenvalue weighted by molar-refractivity contribution is 6.08. The highest BCUT2D eigenvalue weighted by Crippen LogP contribution is 2.36. The van der Waals surface area contributed by atoms with Crippen LogP contribution in [0.1, 0.15) is 27.9 Å². The van der Waals surface area contributed by atoms with Crippen LogP contribution in [0.2, 0.25) is 0 Å². The van der Waals surface area contributed by atoms with E-state index >= 15 is 0 Å². The maximum Gasteiger partial charge on any atom is 0.258 e. The highest BCUT2D eigenvalue weighted by Gasteiger charge is 2.26. The van der Waals surface area contributed by atoms with Gasteiger partial charge in [0.2, 0.25) is 0 Å². The molecule has 1 amide bonds. The SMILES string of the molecule is Cc1cc(O)ccc1C(=O)N1CCCc2cccc(O)c21. The summed E-state index contributed by atoms with van der Waals surface area (Å²) >= 11 is 0. The number of nitrogens with zero attached hydrogens (tertiary/aromatic N) is 1. The van der Waals surface area contributed by atoms with Crippen LogP contribution in [0.4, 0.5) is 5.69 Å².